The van der Waals surface area contributed by atoms with E-state index < -0.39 is 4.92 Å². The lowest BCUT2D eigenvalue weighted by atomic mass is 10.0. The van der Waals surface area contributed by atoms with Crippen LogP contribution in [0.15, 0.2) is 22.7 Å². The number of amides is 1. The number of hydrogen-bond donors (Lipinski definition) is 1. The minimum Gasteiger partial charge on any atom is -0.339 e. The predicted octanol–water partition coefficient (Wildman–Crippen LogP) is 2.60. The Morgan fingerprint density at radius 3 is 2.57 bits per heavy atom. The Morgan fingerprint density at radius 1 is 1.43 bits per heavy atom. The van der Waals surface area contributed by atoms with E-state index in [1.54, 1.807) is 11.9 Å². The van der Waals surface area contributed by atoms with Crippen molar-refractivity contribution >= 4 is 39.9 Å². The Kier molecular flexibility index (Phi) is 6.57. The highest BCUT2D eigenvalue weighted by Crippen LogP contribution is 2.25. The van der Waals surface area contributed by atoms with Crippen molar-refractivity contribution < 1.29 is 9.72 Å². The Morgan fingerprint density at radius 2 is 2.05 bits per heavy atom. The van der Waals surface area contributed by atoms with Gasteiger partial charge in [0.25, 0.3) is 11.6 Å². The van der Waals surface area contributed by atoms with Crippen LogP contribution in [0.1, 0.15) is 23.2 Å². The van der Waals surface area contributed by atoms with Gasteiger partial charge in [0.05, 0.1) is 10.5 Å². The number of benzene rings is 1. The highest BCUT2D eigenvalue weighted by atomic mass is 79.9. The number of nitrogens with one attached hydrogen (secondary N) is 1. The molecule has 2 rings (SSSR count). The summed E-state index contributed by atoms with van der Waals surface area (Å²) in [5.74, 6) is -0.112. The fourth-order valence-electron chi connectivity index (χ4n) is 2.34. The Hall–Kier alpha value is -1.18. The van der Waals surface area contributed by atoms with Crippen molar-refractivity contribution in [2.24, 2.45) is 0 Å². The van der Waals surface area contributed by atoms with E-state index in [2.05, 4.69) is 21.2 Å². The average molecular weight is 379 g/mol. The van der Waals surface area contributed by atoms with Crippen LogP contribution in [-0.4, -0.2) is 41.9 Å². The van der Waals surface area contributed by atoms with Gasteiger partial charge in [0, 0.05) is 29.7 Å². The van der Waals surface area contributed by atoms with Gasteiger partial charge < -0.3 is 10.2 Å². The first-order chi connectivity index (χ1) is 9.50. The number of nitro benzene ring substituents is 1. The second kappa shape index (κ2) is 7.72. The van der Waals surface area contributed by atoms with Crippen molar-refractivity contribution in [1.29, 1.82) is 0 Å². The SMILES string of the molecule is CN(C(=O)c1ccc([N+](=O)[O-])cc1Br)C1CCNCC1.Cl. The molecular formula is C13H17BrClN3O3. The van der Waals surface area contributed by atoms with Crippen LogP contribution < -0.4 is 5.32 Å². The molecule has 0 unspecified atom stereocenters. The lowest BCUT2D eigenvalue weighted by Gasteiger charge is -2.31. The maximum absolute atomic E-state index is 12.5. The van der Waals surface area contributed by atoms with E-state index in [4.69, 9.17) is 0 Å². The summed E-state index contributed by atoms with van der Waals surface area (Å²) in [7, 11) is 1.78. The number of non-ortho nitro benzene ring substituents is 1. The molecule has 1 aliphatic rings. The highest BCUT2D eigenvalue weighted by molar-refractivity contribution is 9.10. The van der Waals surface area contributed by atoms with Gasteiger partial charge in [-0.05, 0) is 47.9 Å². The second-order valence-corrected chi connectivity index (χ2v) is 5.67. The zero-order valence-corrected chi connectivity index (χ0v) is 13.9. The fraction of sp³-hybridized carbons (Fsp3) is 0.462. The number of halogens is 2. The van der Waals surface area contributed by atoms with Gasteiger partial charge in [-0.2, -0.15) is 0 Å². The first-order valence-corrected chi connectivity index (χ1v) is 7.22. The zero-order chi connectivity index (χ0) is 14.7. The molecule has 0 spiro atoms. The third kappa shape index (κ3) is 4.15. The number of nitro groups is 1. The average Bonchev–Trinajstić information content (AvgIpc) is 2.46. The van der Waals surface area contributed by atoms with Gasteiger partial charge in [0.2, 0.25) is 0 Å². The molecule has 0 aromatic heterocycles. The van der Waals surface area contributed by atoms with Gasteiger partial charge in [0.15, 0.2) is 0 Å². The van der Waals surface area contributed by atoms with Crippen molar-refractivity contribution in [3.05, 3.63) is 38.3 Å². The molecule has 1 N–H and O–H groups in total. The van der Waals surface area contributed by atoms with Crippen LogP contribution in [0.5, 0.6) is 0 Å². The monoisotopic (exact) mass is 377 g/mol. The first-order valence-electron chi connectivity index (χ1n) is 6.42. The third-order valence-corrected chi connectivity index (χ3v) is 4.23. The van der Waals surface area contributed by atoms with Gasteiger partial charge >= 0.3 is 0 Å². The summed E-state index contributed by atoms with van der Waals surface area (Å²) in [6.45, 7) is 1.81. The van der Waals surface area contributed by atoms with Crippen molar-refractivity contribution in [3.8, 4) is 0 Å². The van der Waals surface area contributed by atoms with Gasteiger partial charge in [-0.1, -0.05) is 0 Å². The molecule has 1 saturated heterocycles. The molecule has 1 amide bonds. The van der Waals surface area contributed by atoms with E-state index in [1.807, 2.05) is 0 Å². The van der Waals surface area contributed by atoms with Gasteiger partial charge in [0.1, 0.15) is 0 Å². The molecule has 1 aromatic rings. The number of carbonyl (C=O) groups excluding carboxylic acids is 1. The van der Waals surface area contributed by atoms with Gasteiger partial charge in [-0.25, -0.2) is 0 Å². The Labute approximate surface area is 137 Å². The Bertz CT molecular complexity index is 535. The van der Waals surface area contributed by atoms with E-state index in [9.17, 15) is 14.9 Å². The lowest BCUT2D eigenvalue weighted by Crippen LogP contribution is -2.44. The molecule has 1 fully saturated rings. The van der Waals surface area contributed by atoms with Crippen molar-refractivity contribution in [2.75, 3.05) is 20.1 Å². The van der Waals surface area contributed by atoms with E-state index in [0.29, 0.717) is 10.0 Å². The van der Waals surface area contributed by atoms with E-state index in [-0.39, 0.29) is 30.0 Å². The van der Waals surface area contributed by atoms with Crippen LogP contribution in [0, 0.1) is 10.1 Å². The molecule has 1 heterocycles. The topological polar surface area (TPSA) is 75.5 Å². The number of nitrogens with zero attached hydrogens (tertiary/aromatic N) is 2. The maximum atomic E-state index is 12.5. The standard InChI is InChI=1S/C13H16BrN3O3.ClH/c1-16(9-4-6-15-7-5-9)13(18)11-3-2-10(17(19)20)8-12(11)14;/h2-3,8-9,15H,4-7H2,1H3;1H. The highest BCUT2D eigenvalue weighted by Gasteiger charge is 2.24. The molecule has 1 aliphatic heterocycles. The number of hydrogen-bond acceptors (Lipinski definition) is 4. The normalized spacial score (nSPS) is 15.1. The van der Waals surface area contributed by atoms with Crippen LogP contribution in [0.4, 0.5) is 5.69 Å². The number of rotatable bonds is 3. The molecule has 6 nitrogen and oxygen atoms in total. The van der Waals surface area contributed by atoms with E-state index >= 15 is 0 Å². The largest absolute Gasteiger partial charge is 0.339 e. The molecule has 1 aromatic carbocycles. The van der Waals surface area contributed by atoms with Crippen LogP contribution in [0.2, 0.25) is 0 Å². The summed E-state index contributed by atoms with van der Waals surface area (Å²) < 4.78 is 0.456. The number of piperidine rings is 1. The lowest BCUT2D eigenvalue weighted by molar-refractivity contribution is -0.384. The van der Waals surface area contributed by atoms with E-state index in [0.717, 1.165) is 25.9 Å². The van der Waals surface area contributed by atoms with Gasteiger partial charge in [-0.3, -0.25) is 14.9 Å². The second-order valence-electron chi connectivity index (χ2n) is 4.82. The molecule has 0 atom stereocenters. The minimum atomic E-state index is -0.477. The van der Waals surface area contributed by atoms with Crippen LogP contribution in [-0.2, 0) is 0 Å². The van der Waals surface area contributed by atoms with Crippen molar-refractivity contribution in [3.63, 3.8) is 0 Å². The molecule has 0 radical (unpaired) electrons. The summed E-state index contributed by atoms with van der Waals surface area (Å²) in [6.07, 6.45) is 1.85. The quantitative estimate of drug-likeness (QED) is 0.648. The maximum Gasteiger partial charge on any atom is 0.270 e. The molecular weight excluding hydrogens is 362 g/mol. The van der Waals surface area contributed by atoms with Crippen LogP contribution in [0.25, 0.3) is 0 Å². The molecule has 0 bridgehead atoms. The molecule has 0 saturated carbocycles. The minimum absolute atomic E-state index is 0. The molecule has 116 valence electrons. The predicted molar refractivity (Wildman–Crippen MR) is 86.0 cm³/mol. The zero-order valence-electron chi connectivity index (χ0n) is 11.5. The smallest absolute Gasteiger partial charge is 0.270 e. The molecule has 21 heavy (non-hydrogen) atoms. The summed E-state index contributed by atoms with van der Waals surface area (Å²) >= 11 is 3.24. The van der Waals surface area contributed by atoms with Crippen molar-refractivity contribution in [1.82, 2.24) is 10.2 Å². The molecule has 0 aliphatic carbocycles. The van der Waals surface area contributed by atoms with Crippen molar-refractivity contribution in [2.45, 2.75) is 18.9 Å². The summed E-state index contributed by atoms with van der Waals surface area (Å²) in [6, 6.07) is 4.44. The van der Waals surface area contributed by atoms with E-state index in [1.165, 1.54) is 18.2 Å². The van der Waals surface area contributed by atoms with Crippen LogP contribution in [0.3, 0.4) is 0 Å². The first kappa shape index (κ1) is 17.9. The summed E-state index contributed by atoms with van der Waals surface area (Å²) in [5.41, 5.74) is 0.426. The molecule has 8 heteroatoms. The number of carbonyl (C=O) groups is 1. The Balaban J connectivity index is 0.00000220. The third-order valence-electron chi connectivity index (χ3n) is 3.57. The van der Waals surface area contributed by atoms with Gasteiger partial charge in [-0.15, -0.1) is 12.4 Å². The van der Waals surface area contributed by atoms with Crippen LogP contribution >= 0.6 is 28.3 Å². The summed E-state index contributed by atoms with van der Waals surface area (Å²) in [4.78, 5) is 24.4. The summed E-state index contributed by atoms with van der Waals surface area (Å²) in [5, 5.41) is 14.0. The fourth-order valence-corrected chi connectivity index (χ4v) is 2.88.